The highest BCUT2D eigenvalue weighted by atomic mass is 16.6. The van der Waals surface area contributed by atoms with Gasteiger partial charge >= 0.3 is 11.9 Å². The summed E-state index contributed by atoms with van der Waals surface area (Å²) in [6, 6.07) is -0.740. The summed E-state index contributed by atoms with van der Waals surface area (Å²) >= 11 is 0. The van der Waals surface area contributed by atoms with Crippen LogP contribution in [0.25, 0.3) is 0 Å². The first-order chi connectivity index (χ1) is 22.6. The summed E-state index contributed by atoms with van der Waals surface area (Å²) in [5.41, 5.74) is 0. The Bertz CT molecular complexity index is 917. The van der Waals surface area contributed by atoms with Gasteiger partial charge in [-0.05, 0) is 51.4 Å². The summed E-state index contributed by atoms with van der Waals surface area (Å²) in [5, 5.41) is 11.5. The van der Waals surface area contributed by atoms with Crippen molar-refractivity contribution in [3.05, 3.63) is 48.6 Å². The number of esters is 2. The number of carboxylic acids is 1. The average molecular weight is 662 g/mol. The Hall–Kier alpha value is -2.71. The molecule has 0 aliphatic carbocycles. The smallest absolute Gasteiger partial charge is 0.310 e. The molecule has 0 saturated heterocycles. The van der Waals surface area contributed by atoms with Crippen molar-refractivity contribution in [3.8, 4) is 0 Å². The molecule has 0 spiro atoms. The fourth-order valence-electron chi connectivity index (χ4n) is 4.89. The van der Waals surface area contributed by atoms with Crippen LogP contribution < -0.4 is 5.11 Å². The molecule has 0 aliphatic heterocycles. The van der Waals surface area contributed by atoms with Crippen LogP contribution in [0, 0.1) is 0 Å². The molecule has 0 N–H and O–H groups in total. The van der Waals surface area contributed by atoms with E-state index in [1.807, 2.05) is 12.2 Å². The third-order valence-electron chi connectivity index (χ3n) is 7.73. The summed E-state index contributed by atoms with van der Waals surface area (Å²) < 4.78 is 16.9. The van der Waals surface area contributed by atoms with Crippen LogP contribution in [0.15, 0.2) is 48.6 Å². The van der Waals surface area contributed by atoms with E-state index in [0.717, 1.165) is 51.4 Å². The minimum Gasteiger partial charge on any atom is -0.544 e. The zero-order valence-corrected chi connectivity index (χ0v) is 30.4. The number of carbonyl (C=O) groups excluding carboxylic acids is 3. The minimum atomic E-state index is -1.14. The second kappa shape index (κ2) is 30.6. The van der Waals surface area contributed by atoms with E-state index >= 15 is 0 Å². The topological polar surface area (TPSA) is 102 Å². The number of allylic oxidation sites excluding steroid dienone is 7. The molecule has 2 unspecified atom stereocenters. The molecule has 0 fully saturated rings. The number of likely N-dealkylation sites (N-methyl/N-ethyl adjacent to an activating group) is 1. The van der Waals surface area contributed by atoms with Crippen molar-refractivity contribution in [1.82, 2.24) is 0 Å². The van der Waals surface area contributed by atoms with E-state index in [-0.39, 0.29) is 43.1 Å². The molecule has 0 aromatic heterocycles. The van der Waals surface area contributed by atoms with Gasteiger partial charge in [0, 0.05) is 12.8 Å². The molecular weight excluding hydrogens is 594 g/mol. The number of unbranched alkanes of at least 4 members (excludes halogenated alkanes) is 10. The quantitative estimate of drug-likeness (QED) is 0.0327. The molecule has 0 radical (unpaired) electrons. The lowest BCUT2D eigenvalue weighted by atomic mass is 10.1. The molecule has 8 heteroatoms. The largest absolute Gasteiger partial charge is 0.544 e. The van der Waals surface area contributed by atoms with Crippen molar-refractivity contribution in [1.29, 1.82) is 0 Å². The standard InChI is InChI=1S/C39H67NO7/c1-6-8-10-12-14-16-17-18-19-20-22-23-25-27-29-37(41)46-34-35(33-45-32-31-36(39(43)44)40(3,4)5)47-38(42)30-28-26-24-21-15-13-11-9-7-2/h9,11,15,19-21,26,28,35-36H,6-8,10,12-14,16-18,22-25,27,29-34H2,1-5H3/b11-9+,20-19+,21-15+,28-26+. The van der Waals surface area contributed by atoms with E-state index < -0.39 is 24.1 Å². The Labute approximate surface area is 286 Å². The molecular formula is C39H67NO7. The van der Waals surface area contributed by atoms with E-state index in [1.54, 1.807) is 27.2 Å². The van der Waals surface area contributed by atoms with Crippen LogP contribution in [0.5, 0.6) is 0 Å². The number of ether oxygens (including phenoxy) is 3. The van der Waals surface area contributed by atoms with Crippen LogP contribution in [0.1, 0.15) is 129 Å². The molecule has 0 heterocycles. The summed E-state index contributed by atoms with van der Waals surface area (Å²) in [6.07, 6.45) is 33.2. The van der Waals surface area contributed by atoms with Gasteiger partial charge in [-0.1, -0.05) is 107 Å². The molecule has 0 aromatic carbocycles. The van der Waals surface area contributed by atoms with Crippen molar-refractivity contribution in [2.24, 2.45) is 0 Å². The molecule has 2 atom stereocenters. The van der Waals surface area contributed by atoms with E-state index in [4.69, 9.17) is 14.2 Å². The first kappa shape index (κ1) is 44.3. The number of hydrogen-bond donors (Lipinski definition) is 0. The Morgan fingerprint density at radius 3 is 1.85 bits per heavy atom. The number of quaternary nitrogens is 1. The van der Waals surface area contributed by atoms with E-state index in [2.05, 4.69) is 44.2 Å². The van der Waals surface area contributed by atoms with Gasteiger partial charge in [-0.3, -0.25) is 9.59 Å². The predicted molar refractivity (Wildman–Crippen MR) is 189 cm³/mol. The Kier molecular flexibility index (Phi) is 28.8. The monoisotopic (exact) mass is 661 g/mol. The molecule has 8 nitrogen and oxygen atoms in total. The molecule has 0 aromatic rings. The molecule has 270 valence electrons. The highest BCUT2D eigenvalue weighted by Crippen LogP contribution is 2.11. The van der Waals surface area contributed by atoms with Crippen molar-refractivity contribution in [2.75, 3.05) is 41.0 Å². The lowest BCUT2D eigenvalue weighted by molar-refractivity contribution is -0.889. The second-order valence-electron chi connectivity index (χ2n) is 13.1. The number of aliphatic carboxylic acids is 1. The normalized spacial score (nSPS) is 13.6. The maximum absolute atomic E-state index is 12.5. The second-order valence-corrected chi connectivity index (χ2v) is 13.1. The summed E-state index contributed by atoms with van der Waals surface area (Å²) in [5.74, 6) is -1.92. The van der Waals surface area contributed by atoms with E-state index in [9.17, 15) is 19.5 Å². The van der Waals surface area contributed by atoms with E-state index in [1.165, 1.54) is 44.9 Å². The Morgan fingerprint density at radius 1 is 0.681 bits per heavy atom. The van der Waals surface area contributed by atoms with Gasteiger partial charge in [-0.15, -0.1) is 0 Å². The van der Waals surface area contributed by atoms with Crippen LogP contribution in [0.3, 0.4) is 0 Å². The first-order valence-corrected chi connectivity index (χ1v) is 18.2. The van der Waals surface area contributed by atoms with Crippen LogP contribution in [0.4, 0.5) is 0 Å². The van der Waals surface area contributed by atoms with Gasteiger partial charge in [0.05, 0.1) is 46.7 Å². The molecule has 47 heavy (non-hydrogen) atoms. The van der Waals surface area contributed by atoms with Crippen LogP contribution in [-0.4, -0.2) is 75.5 Å². The SMILES string of the molecule is CC/C=C/C/C=C/C/C=C/CC(=O)OC(COCCC(C(=O)[O-])[N+](C)(C)C)COC(=O)CCCCC/C=C/CCCCCCCCC. The maximum Gasteiger partial charge on any atom is 0.310 e. The predicted octanol–water partition coefficient (Wildman–Crippen LogP) is 7.57. The number of nitrogens with zero attached hydrogens (tertiary/aromatic N) is 1. The molecule has 0 aliphatic rings. The fraction of sp³-hybridized carbons (Fsp3) is 0.718. The molecule has 0 amide bonds. The van der Waals surface area contributed by atoms with Gasteiger partial charge in [0.1, 0.15) is 12.6 Å². The van der Waals surface area contributed by atoms with Gasteiger partial charge < -0.3 is 28.6 Å². The summed E-state index contributed by atoms with van der Waals surface area (Å²) in [6.45, 7) is 4.38. The molecule has 0 rings (SSSR count). The average Bonchev–Trinajstić information content (AvgIpc) is 3.01. The van der Waals surface area contributed by atoms with E-state index in [0.29, 0.717) is 6.42 Å². The number of rotatable bonds is 31. The third-order valence-corrected chi connectivity index (χ3v) is 7.73. The maximum atomic E-state index is 12.5. The summed E-state index contributed by atoms with van der Waals surface area (Å²) in [4.78, 5) is 36.4. The van der Waals surface area contributed by atoms with Gasteiger partial charge in [0.15, 0.2) is 6.10 Å². The molecule has 0 bridgehead atoms. The Balaban J connectivity index is 4.52. The van der Waals surface area contributed by atoms with Gasteiger partial charge in [-0.25, -0.2) is 0 Å². The van der Waals surface area contributed by atoms with Crippen LogP contribution in [0.2, 0.25) is 0 Å². The van der Waals surface area contributed by atoms with Crippen molar-refractivity contribution in [2.45, 2.75) is 142 Å². The highest BCUT2D eigenvalue weighted by Gasteiger charge is 2.25. The zero-order valence-electron chi connectivity index (χ0n) is 30.4. The number of hydrogen-bond acceptors (Lipinski definition) is 7. The Morgan fingerprint density at radius 2 is 1.26 bits per heavy atom. The third kappa shape index (κ3) is 29.2. The lowest BCUT2D eigenvalue weighted by Gasteiger charge is -2.34. The minimum absolute atomic E-state index is 0.00114. The highest BCUT2D eigenvalue weighted by molar-refractivity contribution is 5.71. The first-order valence-electron chi connectivity index (χ1n) is 18.2. The number of carbonyl (C=O) groups is 3. The van der Waals surface area contributed by atoms with Crippen molar-refractivity contribution in [3.63, 3.8) is 0 Å². The van der Waals surface area contributed by atoms with Crippen molar-refractivity contribution >= 4 is 17.9 Å². The van der Waals surface area contributed by atoms with Crippen LogP contribution >= 0.6 is 0 Å². The van der Waals surface area contributed by atoms with Gasteiger partial charge in [0.25, 0.3) is 0 Å². The van der Waals surface area contributed by atoms with Gasteiger partial charge in [0.2, 0.25) is 0 Å². The van der Waals surface area contributed by atoms with Crippen molar-refractivity contribution < 1.29 is 38.2 Å². The van der Waals surface area contributed by atoms with Gasteiger partial charge in [-0.2, -0.15) is 0 Å². The van der Waals surface area contributed by atoms with Crippen LogP contribution in [-0.2, 0) is 28.6 Å². The lowest BCUT2D eigenvalue weighted by Crippen LogP contribution is -2.55. The summed E-state index contributed by atoms with van der Waals surface area (Å²) in [7, 11) is 5.35. The zero-order chi connectivity index (χ0) is 35.0. The fourth-order valence-corrected chi connectivity index (χ4v) is 4.89. The molecule has 0 saturated carbocycles. The number of carboxylic acid groups (broad SMARTS) is 1.